The number of nitrogens with one attached hydrogen (secondary N) is 2. The van der Waals surface area contributed by atoms with Gasteiger partial charge in [-0.25, -0.2) is 4.98 Å². The molecule has 2 bridgehead atoms. The molecule has 0 spiro atoms. The molecule has 2 fully saturated rings. The molecule has 234 valence electrons. The fourth-order valence-corrected chi connectivity index (χ4v) is 7.55. The van der Waals surface area contributed by atoms with Crippen molar-refractivity contribution in [3.8, 4) is 16.7 Å². The van der Waals surface area contributed by atoms with Crippen molar-refractivity contribution in [2.24, 2.45) is 0 Å². The second-order valence-electron chi connectivity index (χ2n) is 11.7. The molecule has 3 aliphatic rings. The van der Waals surface area contributed by atoms with Gasteiger partial charge < -0.3 is 29.7 Å². The predicted molar refractivity (Wildman–Crippen MR) is 175 cm³/mol. The van der Waals surface area contributed by atoms with Crippen LogP contribution < -0.4 is 24.8 Å². The number of piperazine rings is 1. The second kappa shape index (κ2) is 13.3. The lowest BCUT2D eigenvalue weighted by Gasteiger charge is -2.40. The predicted octanol–water partition coefficient (Wildman–Crippen LogP) is 6.12. The van der Waals surface area contributed by atoms with E-state index >= 15 is 0 Å². The first-order chi connectivity index (χ1) is 21.2. The summed E-state index contributed by atoms with van der Waals surface area (Å²) in [7, 11) is 1.68. The van der Waals surface area contributed by atoms with Crippen LogP contribution in [0.1, 0.15) is 46.4 Å². The number of benzene rings is 2. The molecule has 8 nitrogen and oxygen atoms in total. The van der Waals surface area contributed by atoms with Crippen molar-refractivity contribution in [1.82, 2.24) is 20.5 Å². The number of carbonyl (C=O) groups is 1. The van der Waals surface area contributed by atoms with E-state index in [-0.39, 0.29) is 37.2 Å². The molecule has 2 aliphatic heterocycles. The van der Waals surface area contributed by atoms with Crippen molar-refractivity contribution in [3.63, 3.8) is 0 Å². The van der Waals surface area contributed by atoms with Gasteiger partial charge in [-0.3, -0.25) is 4.79 Å². The van der Waals surface area contributed by atoms with Gasteiger partial charge in [-0.15, -0.1) is 0 Å². The van der Waals surface area contributed by atoms with E-state index in [0.29, 0.717) is 34.1 Å². The van der Waals surface area contributed by atoms with E-state index in [2.05, 4.69) is 33.5 Å². The highest BCUT2D eigenvalue weighted by atomic mass is 35.5. The Labute approximate surface area is 272 Å². The maximum absolute atomic E-state index is 14.5. The molecule has 44 heavy (non-hydrogen) atoms. The van der Waals surface area contributed by atoms with Gasteiger partial charge in [-0.1, -0.05) is 46.7 Å². The lowest BCUT2D eigenvalue weighted by Crippen LogP contribution is -2.59. The highest BCUT2D eigenvalue weighted by Gasteiger charge is 2.41. The van der Waals surface area contributed by atoms with E-state index in [4.69, 9.17) is 37.4 Å². The average Bonchev–Trinajstić information content (AvgIpc) is 3.75. The Bertz CT molecular complexity index is 1590. The molecule has 1 aliphatic carbocycles. The number of nitrogens with zero attached hydrogens (tertiary/aromatic N) is 2. The number of carbonyl (C=O) groups excluding carboxylic acids is 1. The minimum absolute atomic E-state index is 0.0648. The normalized spacial score (nSPS) is 19.6. The van der Waals surface area contributed by atoms with E-state index in [9.17, 15) is 4.79 Å². The van der Waals surface area contributed by atoms with Crippen LogP contribution in [0.3, 0.4) is 0 Å². The van der Waals surface area contributed by atoms with Crippen LogP contribution in [0.25, 0.3) is 5.57 Å². The summed E-state index contributed by atoms with van der Waals surface area (Å²) in [5.74, 6) is 1.40. The third-order valence-electron chi connectivity index (χ3n) is 8.75. The number of methoxy groups -OCH3 is 1. The van der Waals surface area contributed by atoms with Crippen LogP contribution in [0.4, 0.5) is 0 Å². The summed E-state index contributed by atoms with van der Waals surface area (Å²) in [6, 6.07) is 8.33. The first kappa shape index (κ1) is 31.2. The summed E-state index contributed by atoms with van der Waals surface area (Å²) < 4.78 is 17.4. The van der Waals surface area contributed by atoms with E-state index in [1.165, 1.54) is 11.3 Å². The van der Waals surface area contributed by atoms with Gasteiger partial charge in [-0.05, 0) is 80.0 Å². The lowest BCUT2D eigenvalue weighted by atomic mass is 9.86. The number of aryl methyl sites for hydroxylation is 1. The summed E-state index contributed by atoms with van der Waals surface area (Å²) in [6.07, 6.45) is 4.63. The van der Waals surface area contributed by atoms with Crippen LogP contribution in [-0.4, -0.2) is 67.3 Å². The Morgan fingerprint density at radius 2 is 1.91 bits per heavy atom. The highest BCUT2D eigenvalue weighted by molar-refractivity contribution is 7.14. The molecular formula is C33H38Cl2N4O4S. The van der Waals surface area contributed by atoms with Crippen molar-refractivity contribution in [2.75, 3.05) is 33.4 Å². The molecule has 0 radical (unpaired) electrons. The van der Waals surface area contributed by atoms with Crippen LogP contribution in [0, 0.1) is 20.8 Å². The Balaban J connectivity index is 1.21. The summed E-state index contributed by atoms with van der Waals surface area (Å²) in [5.41, 5.74) is 6.03. The number of ether oxygens (including phenoxy) is 3. The maximum atomic E-state index is 14.5. The molecule has 1 saturated heterocycles. The third kappa shape index (κ3) is 6.44. The molecule has 6 rings (SSSR count). The van der Waals surface area contributed by atoms with Crippen molar-refractivity contribution in [2.45, 2.75) is 64.7 Å². The Morgan fingerprint density at radius 1 is 1.11 bits per heavy atom. The molecule has 2 N–H and O–H groups in total. The van der Waals surface area contributed by atoms with Gasteiger partial charge in [0.15, 0.2) is 5.75 Å². The SMILES string of the molecule is COc1cccc(CN(C(=O)C2=C(c3cnc(OCCOc4c(Cl)cc(C)c(C)c4Cl)s3)CC3CNCC2N3)C2CC2)c1C. The molecular weight excluding hydrogens is 619 g/mol. The first-order valence-corrected chi connectivity index (χ1v) is 16.6. The molecule has 3 heterocycles. The van der Waals surface area contributed by atoms with Crippen LogP contribution in [0.2, 0.25) is 10.0 Å². The summed E-state index contributed by atoms with van der Waals surface area (Å²) in [5, 5.41) is 8.74. The first-order valence-electron chi connectivity index (χ1n) is 15.0. The number of amides is 1. The average molecular weight is 658 g/mol. The van der Waals surface area contributed by atoms with Gasteiger partial charge in [0.05, 0.1) is 28.1 Å². The van der Waals surface area contributed by atoms with E-state index in [1.54, 1.807) is 7.11 Å². The number of hydrogen-bond donors (Lipinski definition) is 2. The second-order valence-corrected chi connectivity index (χ2v) is 13.5. The molecule has 1 amide bonds. The van der Waals surface area contributed by atoms with Gasteiger partial charge in [0.1, 0.15) is 19.0 Å². The Hall–Kier alpha value is -2.82. The smallest absolute Gasteiger partial charge is 0.273 e. The van der Waals surface area contributed by atoms with Crippen molar-refractivity contribution in [3.05, 3.63) is 73.2 Å². The Morgan fingerprint density at radius 3 is 2.68 bits per heavy atom. The van der Waals surface area contributed by atoms with Gasteiger partial charge >= 0.3 is 0 Å². The Kier molecular flexibility index (Phi) is 9.40. The number of hydrogen-bond acceptors (Lipinski definition) is 8. The molecule has 1 saturated carbocycles. The minimum atomic E-state index is -0.0648. The lowest BCUT2D eigenvalue weighted by molar-refractivity contribution is -0.128. The zero-order valence-corrected chi connectivity index (χ0v) is 27.8. The molecule has 1 aromatic heterocycles. The van der Waals surface area contributed by atoms with E-state index in [1.807, 2.05) is 38.2 Å². The minimum Gasteiger partial charge on any atom is -0.496 e. The molecule has 11 heteroatoms. The van der Waals surface area contributed by atoms with Crippen LogP contribution >= 0.6 is 34.5 Å². The third-order valence-corrected chi connectivity index (χ3v) is 10.5. The summed E-state index contributed by atoms with van der Waals surface area (Å²) in [4.78, 5) is 22.1. The zero-order chi connectivity index (χ0) is 31.0. The topological polar surface area (TPSA) is 85.0 Å². The van der Waals surface area contributed by atoms with Crippen LogP contribution in [0.15, 0.2) is 36.0 Å². The quantitative estimate of drug-likeness (QED) is 0.241. The molecule has 2 aromatic carbocycles. The number of thiazole rings is 1. The van der Waals surface area contributed by atoms with Crippen molar-refractivity contribution < 1.29 is 19.0 Å². The number of rotatable bonds is 11. The van der Waals surface area contributed by atoms with Crippen molar-refractivity contribution >= 4 is 46.0 Å². The fraction of sp³-hybridized carbons (Fsp3) is 0.455. The van der Waals surface area contributed by atoms with E-state index in [0.717, 1.165) is 69.8 Å². The summed E-state index contributed by atoms with van der Waals surface area (Å²) in [6.45, 7) is 8.63. The van der Waals surface area contributed by atoms with Gasteiger partial charge in [-0.2, -0.15) is 0 Å². The zero-order valence-electron chi connectivity index (χ0n) is 25.5. The van der Waals surface area contributed by atoms with Gasteiger partial charge in [0.25, 0.3) is 11.1 Å². The molecule has 3 aromatic rings. The molecule has 2 unspecified atom stereocenters. The van der Waals surface area contributed by atoms with Crippen LogP contribution in [0.5, 0.6) is 16.7 Å². The standard InChI is InChI=1S/C33H38Cl2N4O4S/c1-18-12-25(34)31(30(35)19(18)2)42-10-11-43-33-37-16-28(44-33)24-13-22-14-36-15-26(38-22)29(24)32(40)39(23-8-9-23)17-21-6-5-7-27(41-4)20(21)3/h5-7,12,16,22-23,26,36,38H,8-11,13-15,17H2,1-4H3. The number of aromatic nitrogens is 1. The maximum Gasteiger partial charge on any atom is 0.273 e. The monoisotopic (exact) mass is 656 g/mol. The largest absolute Gasteiger partial charge is 0.496 e. The molecule has 2 atom stereocenters. The fourth-order valence-electron chi connectivity index (χ4n) is 6.02. The number of fused-ring (bicyclic) bond motifs is 2. The highest BCUT2D eigenvalue weighted by Crippen LogP contribution is 2.40. The van der Waals surface area contributed by atoms with E-state index < -0.39 is 0 Å². The van der Waals surface area contributed by atoms with Crippen molar-refractivity contribution in [1.29, 1.82) is 0 Å². The van der Waals surface area contributed by atoms with Gasteiger partial charge in [0, 0.05) is 43.5 Å². The summed E-state index contributed by atoms with van der Waals surface area (Å²) >= 11 is 14.3. The van der Waals surface area contributed by atoms with Crippen LogP contribution in [-0.2, 0) is 11.3 Å². The number of halogens is 2. The van der Waals surface area contributed by atoms with Gasteiger partial charge in [0.2, 0.25) is 0 Å².